The molecule has 0 bridgehead atoms. The van der Waals surface area contributed by atoms with Gasteiger partial charge in [-0.1, -0.05) is 0 Å². The third kappa shape index (κ3) is 3.51. The van der Waals surface area contributed by atoms with Crippen LogP contribution in [0.2, 0.25) is 0 Å². The number of rotatable bonds is 4. The van der Waals surface area contributed by atoms with Gasteiger partial charge in [0, 0.05) is 6.07 Å². The number of halogens is 1. The van der Waals surface area contributed by atoms with E-state index in [0.29, 0.717) is 18.0 Å². The lowest BCUT2D eigenvalue weighted by Crippen LogP contribution is -1.89. The molecule has 0 unspecified atom stereocenters. The Bertz CT molecular complexity index is 582. The highest BCUT2D eigenvalue weighted by atomic mass is 19.1. The first-order valence-corrected chi connectivity index (χ1v) is 5.88. The van der Waals surface area contributed by atoms with Crippen LogP contribution in [0.1, 0.15) is 6.92 Å². The maximum Gasteiger partial charge on any atom is 0.148 e. The van der Waals surface area contributed by atoms with Crippen molar-refractivity contribution in [3.63, 3.8) is 0 Å². The summed E-state index contributed by atoms with van der Waals surface area (Å²) < 4.78 is 18.5. The predicted molar refractivity (Wildman–Crippen MR) is 72.6 cm³/mol. The molecular weight excluding hydrogens is 245 g/mol. The third-order valence-electron chi connectivity index (χ3n) is 2.41. The Balaban J connectivity index is 2.11. The molecule has 0 aliphatic rings. The van der Waals surface area contributed by atoms with Gasteiger partial charge < -0.3 is 10.5 Å². The molecule has 0 aliphatic heterocycles. The second-order valence-electron chi connectivity index (χ2n) is 3.83. The summed E-state index contributed by atoms with van der Waals surface area (Å²) >= 11 is 0. The van der Waals surface area contributed by atoms with Gasteiger partial charge >= 0.3 is 0 Å². The van der Waals surface area contributed by atoms with Crippen LogP contribution < -0.4 is 10.5 Å². The highest BCUT2D eigenvalue weighted by Crippen LogP contribution is 2.23. The summed E-state index contributed by atoms with van der Waals surface area (Å²) in [5.41, 5.74) is 6.56. The quantitative estimate of drug-likeness (QED) is 0.660. The molecule has 2 aromatic carbocycles. The first-order valence-electron chi connectivity index (χ1n) is 5.88. The zero-order valence-electron chi connectivity index (χ0n) is 10.5. The molecule has 19 heavy (non-hydrogen) atoms. The maximum atomic E-state index is 13.2. The molecule has 2 rings (SSSR count). The van der Waals surface area contributed by atoms with Crippen LogP contribution in [-0.2, 0) is 0 Å². The third-order valence-corrected chi connectivity index (χ3v) is 2.41. The van der Waals surface area contributed by atoms with Gasteiger partial charge in [-0.15, -0.1) is 0 Å². The average Bonchev–Trinajstić information content (AvgIpc) is 2.42. The van der Waals surface area contributed by atoms with Gasteiger partial charge in [0.1, 0.15) is 11.6 Å². The van der Waals surface area contributed by atoms with E-state index in [1.54, 1.807) is 30.3 Å². The first-order chi connectivity index (χ1) is 9.19. The Morgan fingerprint density at radius 3 is 2.32 bits per heavy atom. The van der Waals surface area contributed by atoms with E-state index in [9.17, 15) is 4.39 Å². The molecule has 0 heterocycles. The molecule has 0 radical (unpaired) electrons. The lowest BCUT2D eigenvalue weighted by Gasteiger charge is -2.01. The predicted octanol–water partition coefficient (Wildman–Crippen LogP) is 4.22. The zero-order chi connectivity index (χ0) is 13.7. The molecule has 0 amide bonds. The molecule has 0 saturated carbocycles. The lowest BCUT2D eigenvalue weighted by atomic mass is 10.3. The van der Waals surface area contributed by atoms with Gasteiger partial charge in [-0.05, 0) is 43.3 Å². The topological polar surface area (TPSA) is 60.0 Å². The van der Waals surface area contributed by atoms with Gasteiger partial charge in [-0.25, -0.2) is 4.39 Å². The fraction of sp³-hybridized carbons (Fsp3) is 0.143. The number of benzene rings is 2. The molecule has 0 spiro atoms. The van der Waals surface area contributed by atoms with E-state index in [-0.39, 0.29) is 5.69 Å². The molecule has 0 atom stereocenters. The van der Waals surface area contributed by atoms with E-state index < -0.39 is 5.82 Å². The Kier molecular flexibility index (Phi) is 4.07. The number of nitrogens with two attached hydrogens (primary N) is 1. The Hall–Kier alpha value is -2.43. The SMILES string of the molecule is CCOc1ccc(N=Nc2ccc(N)c(F)c2)cc1. The van der Waals surface area contributed by atoms with Crippen molar-refractivity contribution in [2.24, 2.45) is 10.2 Å². The molecule has 0 saturated heterocycles. The number of anilines is 1. The summed E-state index contributed by atoms with van der Waals surface area (Å²) in [5, 5.41) is 7.95. The van der Waals surface area contributed by atoms with E-state index in [1.807, 2.05) is 6.92 Å². The van der Waals surface area contributed by atoms with Gasteiger partial charge in [-0.3, -0.25) is 0 Å². The van der Waals surface area contributed by atoms with Gasteiger partial charge in [0.15, 0.2) is 0 Å². The number of hydrogen-bond donors (Lipinski definition) is 1. The molecule has 4 nitrogen and oxygen atoms in total. The van der Waals surface area contributed by atoms with Crippen LogP contribution in [0.3, 0.4) is 0 Å². The van der Waals surface area contributed by atoms with Crippen molar-refractivity contribution in [2.45, 2.75) is 6.92 Å². The molecule has 5 heteroatoms. The number of nitrogen functional groups attached to an aromatic ring is 1. The van der Waals surface area contributed by atoms with Gasteiger partial charge in [0.2, 0.25) is 0 Å². The molecule has 2 N–H and O–H groups in total. The summed E-state index contributed by atoms with van der Waals surface area (Å²) in [7, 11) is 0. The molecular formula is C14H14FN3O. The average molecular weight is 259 g/mol. The van der Waals surface area contributed by atoms with Crippen molar-refractivity contribution in [2.75, 3.05) is 12.3 Å². The van der Waals surface area contributed by atoms with Crippen molar-refractivity contribution < 1.29 is 9.13 Å². The Labute approximate surface area is 110 Å². The van der Waals surface area contributed by atoms with Crippen molar-refractivity contribution in [1.29, 1.82) is 0 Å². The van der Waals surface area contributed by atoms with Crippen LogP contribution in [0.25, 0.3) is 0 Å². The van der Waals surface area contributed by atoms with E-state index in [4.69, 9.17) is 10.5 Å². The maximum absolute atomic E-state index is 13.2. The largest absolute Gasteiger partial charge is 0.494 e. The molecule has 0 fully saturated rings. The summed E-state index contributed by atoms with van der Waals surface area (Å²) in [6.07, 6.45) is 0. The Morgan fingerprint density at radius 2 is 1.68 bits per heavy atom. The fourth-order valence-electron chi connectivity index (χ4n) is 1.47. The second kappa shape index (κ2) is 5.95. The van der Waals surface area contributed by atoms with E-state index in [0.717, 1.165) is 5.75 Å². The fourth-order valence-corrected chi connectivity index (χ4v) is 1.47. The monoisotopic (exact) mass is 259 g/mol. The first kappa shape index (κ1) is 13.0. The number of hydrogen-bond acceptors (Lipinski definition) is 4. The zero-order valence-corrected chi connectivity index (χ0v) is 10.5. The van der Waals surface area contributed by atoms with Gasteiger partial charge in [-0.2, -0.15) is 10.2 Å². The molecule has 98 valence electrons. The minimum atomic E-state index is -0.497. The van der Waals surface area contributed by atoms with Crippen molar-refractivity contribution >= 4 is 17.1 Å². The Morgan fingerprint density at radius 1 is 1.05 bits per heavy atom. The minimum absolute atomic E-state index is 0.0972. The smallest absolute Gasteiger partial charge is 0.148 e. The molecule has 0 aliphatic carbocycles. The van der Waals surface area contributed by atoms with Crippen molar-refractivity contribution in [3.05, 3.63) is 48.3 Å². The molecule has 2 aromatic rings. The van der Waals surface area contributed by atoms with Crippen LogP contribution in [0.4, 0.5) is 21.5 Å². The van der Waals surface area contributed by atoms with E-state index >= 15 is 0 Å². The number of ether oxygens (including phenoxy) is 1. The highest BCUT2D eigenvalue weighted by molar-refractivity contribution is 5.49. The minimum Gasteiger partial charge on any atom is -0.494 e. The molecule has 0 aromatic heterocycles. The summed E-state index contributed by atoms with van der Waals surface area (Å²) in [4.78, 5) is 0. The summed E-state index contributed by atoms with van der Waals surface area (Å²) in [6.45, 7) is 2.54. The summed E-state index contributed by atoms with van der Waals surface area (Å²) in [5.74, 6) is 0.281. The number of nitrogens with zero attached hydrogens (tertiary/aromatic N) is 2. The summed E-state index contributed by atoms with van der Waals surface area (Å²) in [6, 6.07) is 11.5. The van der Waals surface area contributed by atoms with Crippen molar-refractivity contribution in [3.8, 4) is 5.75 Å². The van der Waals surface area contributed by atoms with E-state index in [2.05, 4.69) is 10.2 Å². The highest BCUT2D eigenvalue weighted by Gasteiger charge is 1.99. The lowest BCUT2D eigenvalue weighted by molar-refractivity contribution is 0.340. The van der Waals surface area contributed by atoms with Crippen LogP contribution in [0.5, 0.6) is 5.75 Å². The van der Waals surface area contributed by atoms with Crippen LogP contribution in [0.15, 0.2) is 52.7 Å². The van der Waals surface area contributed by atoms with Crippen LogP contribution in [0, 0.1) is 5.82 Å². The second-order valence-corrected chi connectivity index (χ2v) is 3.83. The van der Waals surface area contributed by atoms with Gasteiger partial charge in [0.05, 0.1) is 23.7 Å². The van der Waals surface area contributed by atoms with Crippen LogP contribution in [-0.4, -0.2) is 6.61 Å². The van der Waals surface area contributed by atoms with Crippen molar-refractivity contribution in [1.82, 2.24) is 0 Å². The normalized spacial score (nSPS) is 10.8. The van der Waals surface area contributed by atoms with Crippen LogP contribution >= 0.6 is 0 Å². The number of azo groups is 1. The van der Waals surface area contributed by atoms with E-state index in [1.165, 1.54) is 12.1 Å². The standard InChI is InChI=1S/C14H14FN3O/c1-2-19-12-6-3-10(4-7-12)17-18-11-5-8-14(16)13(15)9-11/h3-9H,2,16H2,1H3. The van der Waals surface area contributed by atoms with Gasteiger partial charge in [0.25, 0.3) is 0 Å².